The second-order valence-electron chi connectivity index (χ2n) is 3.41. The van der Waals surface area contributed by atoms with Crippen LogP contribution in [0.25, 0.3) is 0 Å². The molecule has 96 valence electrons. The van der Waals surface area contributed by atoms with E-state index in [2.05, 4.69) is 21.2 Å². The van der Waals surface area contributed by atoms with Crippen molar-refractivity contribution in [2.24, 2.45) is 0 Å². The molecule has 3 nitrogen and oxygen atoms in total. The molecule has 0 bridgehead atoms. The van der Waals surface area contributed by atoms with Crippen LogP contribution >= 0.6 is 15.9 Å². The van der Waals surface area contributed by atoms with Crippen LogP contribution in [0.4, 0.5) is 4.39 Å². The Balaban J connectivity index is 2.84. The third-order valence-corrected chi connectivity index (χ3v) is 2.77. The molecule has 0 aliphatic rings. The molecule has 0 amide bonds. The summed E-state index contributed by atoms with van der Waals surface area (Å²) in [5, 5.41) is 2.99. The van der Waals surface area contributed by atoms with Gasteiger partial charge in [0.1, 0.15) is 6.67 Å². The van der Waals surface area contributed by atoms with E-state index in [1.165, 1.54) is 0 Å². The number of ether oxygens (including phenoxy) is 2. The highest BCUT2D eigenvalue weighted by Crippen LogP contribution is 2.36. The average Bonchev–Trinajstić information content (AvgIpc) is 2.32. The van der Waals surface area contributed by atoms with Crippen molar-refractivity contribution in [1.29, 1.82) is 0 Å². The molecule has 0 radical (unpaired) electrons. The van der Waals surface area contributed by atoms with Crippen LogP contribution in [-0.2, 0) is 6.54 Å². The Morgan fingerprint density at radius 1 is 1.41 bits per heavy atom. The summed E-state index contributed by atoms with van der Waals surface area (Å²) in [5.41, 5.74) is 1.02. The zero-order valence-electron chi connectivity index (χ0n) is 10.1. The molecule has 0 unspecified atom stereocenters. The quantitative estimate of drug-likeness (QED) is 0.786. The monoisotopic (exact) mass is 305 g/mol. The van der Waals surface area contributed by atoms with Crippen LogP contribution in [0.15, 0.2) is 16.6 Å². The number of methoxy groups -OCH3 is 1. The molecule has 0 saturated carbocycles. The Morgan fingerprint density at radius 3 is 2.76 bits per heavy atom. The highest BCUT2D eigenvalue weighted by molar-refractivity contribution is 9.10. The first-order chi connectivity index (χ1) is 8.22. The molecule has 5 heteroatoms. The van der Waals surface area contributed by atoms with Crippen LogP contribution in [0.5, 0.6) is 11.5 Å². The first kappa shape index (κ1) is 14.3. The van der Waals surface area contributed by atoms with Gasteiger partial charge in [0.25, 0.3) is 0 Å². The summed E-state index contributed by atoms with van der Waals surface area (Å²) >= 11 is 3.44. The molecule has 0 fully saturated rings. The molecule has 0 aliphatic heterocycles. The van der Waals surface area contributed by atoms with E-state index in [4.69, 9.17) is 9.47 Å². The molecule has 17 heavy (non-hydrogen) atoms. The molecule has 0 aliphatic carbocycles. The zero-order chi connectivity index (χ0) is 12.7. The number of rotatable bonds is 7. The standard InChI is InChI=1S/C12H17BrFNO2/c1-3-17-12-10(13)6-9(7-11(12)16-2)8-15-5-4-14/h6-7,15H,3-5,8H2,1-2H3. The van der Waals surface area contributed by atoms with Crippen LogP contribution in [0, 0.1) is 0 Å². The van der Waals surface area contributed by atoms with Crippen LogP contribution in [-0.4, -0.2) is 26.9 Å². The van der Waals surface area contributed by atoms with Crippen molar-refractivity contribution in [1.82, 2.24) is 5.32 Å². The van der Waals surface area contributed by atoms with Gasteiger partial charge in [-0.3, -0.25) is 0 Å². The van der Waals surface area contributed by atoms with Gasteiger partial charge in [0.05, 0.1) is 18.2 Å². The van der Waals surface area contributed by atoms with E-state index in [-0.39, 0.29) is 6.67 Å². The third kappa shape index (κ3) is 4.16. The van der Waals surface area contributed by atoms with Gasteiger partial charge < -0.3 is 14.8 Å². The van der Waals surface area contributed by atoms with Crippen LogP contribution in [0.2, 0.25) is 0 Å². The number of hydrogen-bond donors (Lipinski definition) is 1. The van der Waals surface area contributed by atoms with Gasteiger partial charge in [0, 0.05) is 13.1 Å². The molecule has 0 spiro atoms. The molecule has 0 saturated heterocycles. The van der Waals surface area contributed by atoms with Gasteiger partial charge in [-0.1, -0.05) is 0 Å². The number of hydrogen-bond acceptors (Lipinski definition) is 3. The lowest BCUT2D eigenvalue weighted by Gasteiger charge is -2.13. The van der Waals surface area contributed by atoms with Crippen molar-refractivity contribution in [3.8, 4) is 11.5 Å². The lowest BCUT2D eigenvalue weighted by Crippen LogP contribution is -2.16. The van der Waals surface area contributed by atoms with Gasteiger partial charge in [-0.15, -0.1) is 0 Å². The van der Waals surface area contributed by atoms with E-state index in [1.807, 2.05) is 19.1 Å². The van der Waals surface area contributed by atoms with Crippen molar-refractivity contribution in [2.45, 2.75) is 13.5 Å². The molecule has 0 atom stereocenters. The van der Waals surface area contributed by atoms with E-state index in [1.54, 1.807) is 7.11 Å². The normalized spacial score (nSPS) is 10.4. The molecule has 1 N–H and O–H groups in total. The Labute approximate surface area is 109 Å². The Morgan fingerprint density at radius 2 is 2.18 bits per heavy atom. The Bertz CT molecular complexity index is 361. The maximum absolute atomic E-state index is 12.0. The largest absolute Gasteiger partial charge is 0.493 e. The summed E-state index contributed by atoms with van der Waals surface area (Å²) in [6.45, 7) is 3.09. The minimum absolute atomic E-state index is 0.354. The predicted octanol–water partition coefficient (Wildman–Crippen LogP) is 2.92. The fraction of sp³-hybridized carbons (Fsp3) is 0.500. The third-order valence-electron chi connectivity index (χ3n) is 2.18. The summed E-state index contributed by atoms with van der Waals surface area (Å²) in [6.07, 6.45) is 0. The topological polar surface area (TPSA) is 30.5 Å². The lowest BCUT2D eigenvalue weighted by molar-refractivity contribution is 0.308. The maximum atomic E-state index is 12.0. The lowest BCUT2D eigenvalue weighted by atomic mass is 10.2. The van der Waals surface area contributed by atoms with E-state index in [0.29, 0.717) is 31.2 Å². The summed E-state index contributed by atoms with van der Waals surface area (Å²) in [7, 11) is 1.60. The highest BCUT2D eigenvalue weighted by Gasteiger charge is 2.10. The molecule has 0 aromatic heterocycles. The molecule has 1 aromatic rings. The fourth-order valence-corrected chi connectivity index (χ4v) is 2.06. The number of benzene rings is 1. The van der Waals surface area contributed by atoms with E-state index < -0.39 is 0 Å². The zero-order valence-corrected chi connectivity index (χ0v) is 11.6. The molecular formula is C12H17BrFNO2. The first-order valence-corrected chi connectivity index (χ1v) is 6.28. The minimum atomic E-state index is -0.366. The molecule has 0 heterocycles. The number of halogens is 2. The molecule has 1 aromatic carbocycles. The smallest absolute Gasteiger partial charge is 0.175 e. The molecular weight excluding hydrogens is 289 g/mol. The number of nitrogens with one attached hydrogen (secondary N) is 1. The van der Waals surface area contributed by atoms with Crippen molar-refractivity contribution in [3.05, 3.63) is 22.2 Å². The van der Waals surface area contributed by atoms with Gasteiger partial charge in [-0.2, -0.15) is 0 Å². The van der Waals surface area contributed by atoms with Gasteiger partial charge in [-0.25, -0.2) is 4.39 Å². The Hall–Kier alpha value is -0.810. The van der Waals surface area contributed by atoms with E-state index in [0.717, 1.165) is 10.0 Å². The fourth-order valence-electron chi connectivity index (χ4n) is 1.46. The van der Waals surface area contributed by atoms with Crippen molar-refractivity contribution < 1.29 is 13.9 Å². The average molecular weight is 306 g/mol. The van der Waals surface area contributed by atoms with Gasteiger partial charge in [-0.05, 0) is 40.5 Å². The SMILES string of the molecule is CCOc1c(Br)cc(CNCCF)cc1OC. The van der Waals surface area contributed by atoms with Crippen LogP contribution in [0.3, 0.4) is 0 Å². The summed E-state index contributed by atoms with van der Waals surface area (Å²) < 4.78 is 23.6. The van der Waals surface area contributed by atoms with E-state index in [9.17, 15) is 4.39 Å². The van der Waals surface area contributed by atoms with Gasteiger partial charge >= 0.3 is 0 Å². The predicted molar refractivity (Wildman–Crippen MR) is 69.5 cm³/mol. The van der Waals surface area contributed by atoms with Gasteiger partial charge in [0.2, 0.25) is 0 Å². The summed E-state index contributed by atoms with van der Waals surface area (Å²) in [5.74, 6) is 1.38. The van der Waals surface area contributed by atoms with Crippen LogP contribution < -0.4 is 14.8 Å². The van der Waals surface area contributed by atoms with Crippen molar-refractivity contribution in [2.75, 3.05) is 26.9 Å². The Kier molecular flexibility index (Phi) is 6.29. The van der Waals surface area contributed by atoms with Crippen LogP contribution in [0.1, 0.15) is 12.5 Å². The van der Waals surface area contributed by atoms with Crippen molar-refractivity contribution >= 4 is 15.9 Å². The molecule has 1 rings (SSSR count). The van der Waals surface area contributed by atoms with Gasteiger partial charge in [0.15, 0.2) is 11.5 Å². The second-order valence-corrected chi connectivity index (χ2v) is 4.26. The summed E-state index contributed by atoms with van der Waals surface area (Å²) in [6, 6.07) is 3.83. The van der Waals surface area contributed by atoms with E-state index >= 15 is 0 Å². The second kappa shape index (κ2) is 7.50. The maximum Gasteiger partial charge on any atom is 0.175 e. The summed E-state index contributed by atoms with van der Waals surface area (Å²) in [4.78, 5) is 0. The van der Waals surface area contributed by atoms with Crippen molar-refractivity contribution in [3.63, 3.8) is 0 Å². The first-order valence-electron chi connectivity index (χ1n) is 5.48. The minimum Gasteiger partial charge on any atom is -0.493 e. The number of alkyl halides is 1. The highest BCUT2D eigenvalue weighted by atomic mass is 79.9.